The molecular formula is C28H34N4O9S2Si. The zero-order valence-corrected chi connectivity index (χ0v) is 27.4. The van der Waals surface area contributed by atoms with Crippen LogP contribution in [0.1, 0.15) is 27.0 Å². The normalized spacial score (nSPS) is 21.6. The average Bonchev–Trinajstić information content (AvgIpc) is 3.50. The summed E-state index contributed by atoms with van der Waals surface area (Å²) >= 11 is 0. The van der Waals surface area contributed by atoms with E-state index in [1.54, 1.807) is 0 Å². The predicted molar refractivity (Wildman–Crippen MR) is 165 cm³/mol. The van der Waals surface area contributed by atoms with Crippen molar-refractivity contribution < 1.29 is 34.4 Å². The molecule has 1 fully saturated rings. The molecule has 0 spiro atoms. The smallest absolute Gasteiger partial charge is 0.278 e. The van der Waals surface area contributed by atoms with E-state index in [0.717, 1.165) is 29.2 Å². The minimum absolute atomic E-state index is 0.0261. The molecule has 3 heterocycles. The molecule has 4 aromatic rings. The van der Waals surface area contributed by atoms with Gasteiger partial charge in [0, 0.05) is 0 Å². The van der Waals surface area contributed by atoms with E-state index < -0.39 is 63.7 Å². The van der Waals surface area contributed by atoms with Gasteiger partial charge in [-0.3, -0.25) is 17.7 Å². The Balaban J connectivity index is 1.62. The van der Waals surface area contributed by atoms with Gasteiger partial charge in [0.05, 0.1) is 31.8 Å². The van der Waals surface area contributed by atoms with E-state index in [4.69, 9.17) is 17.5 Å². The van der Waals surface area contributed by atoms with Crippen molar-refractivity contribution in [2.24, 2.45) is 0 Å². The molecule has 0 bridgehead atoms. The highest BCUT2D eigenvalue weighted by atomic mass is 32.2. The van der Waals surface area contributed by atoms with Gasteiger partial charge in [-0.05, 0) is 15.4 Å². The van der Waals surface area contributed by atoms with Crippen molar-refractivity contribution in [2.75, 3.05) is 19.1 Å². The van der Waals surface area contributed by atoms with Crippen LogP contribution in [0.25, 0.3) is 11.2 Å². The Morgan fingerprint density at radius 1 is 0.886 bits per heavy atom. The maximum Gasteiger partial charge on any atom is 0.278 e. The average molecular weight is 663 g/mol. The van der Waals surface area contributed by atoms with Crippen LogP contribution in [-0.4, -0.2) is 82.1 Å². The molecule has 4 atom stereocenters. The number of fused-ring (bicyclic) bond motifs is 1. The molecule has 236 valence electrons. The second kappa shape index (κ2) is 11.9. The van der Waals surface area contributed by atoms with Gasteiger partial charge in [0.15, 0.2) is 23.5 Å². The Kier molecular flexibility index (Phi) is 8.71. The fourth-order valence-corrected chi connectivity index (χ4v) is 11.5. The molecule has 0 saturated carbocycles. The number of nitrogens with zero attached hydrogens (tertiary/aromatic N) is 3. The van der Waals surface area contributed by atoms with E-state index in [9.17, 15) is 21.6 Å². The molecule has 0 aliphatic carbocycles. The van der Waals surface area contributed by atoms with Crippen LogP contribution in [0.4, 0.5) is 0 Å². The van der Waals surface area contributed by atoms with Crippen LogP contribution in [0.2, 0.25) is 5.04 Å². The summed E-state index contributed by atoms with van der Waals surface area (Å²) in [6.45, 7) is 6.06. The van der Waals surface area contributed by atoms with E-state index in [2.05, 4.69) is 35.7 Å². The highest BCUT2D eigenvalue weighted by Gasteiger charge is 2.55. The highest BCUT2D eigenvalue weighted by Crippen LogP contribution is 2.40. The van der Waals surface area contributed by atoms with E-state index in [1.807, 2.05) is 60.7 Å². The fraction of sp³-hybridized carbons (Fsp3) is 0.393. The van der Waals surface area contributed by atoms with Gasteiger partial charge in [0.25, 0.3) is 34.1 Å². The van der Waals surface area contributed by atoms with Gasteiger partial charge >= 0.3 is 0 Å². The lowest BCUT2D eigenvalue weighted by Crippen LogP contribution is -2.67. The van der Waals surface area contributed by atoms with Crippen LogP contribution in [0.3, 0.4) is 0 Å². The van der Waals surface area contributed by atoms with Crippen molar-refractivity contribution >= 4 is 50.1 Å². The fourth-order valence-electron chi connectivity index (χ4n) is 5.71. The van der Waals surface area contributed by atoms with Crippen molar-refractivity contribution in [2.45, 2.75) is 50.3 Å². The van der Waals surface area contributed by atoms with E-state index in [0.29, 0.717) is 0 Å². The first kappa shape index (κ1) is 32.1. The number of aromatic nitrogens is 4. The summed E-state index contributed by atoms with van der Waals surface area (Å²) in [5.41, 5.74) is -0.475. The van der Waals surface area contributed by atoms with E-state index >= 15 is 0 Å². The molecule has 44 heavy (non-hydrogen) atoms. The maximum absolute atomic E-state index is 12.5. The summed E-state index contributed by atoms with van der Waals surface area (Å²) < 4.78 is 75.5. The molecule has 1 N–H and O–H groups in total. The summed E-state index contributed by atoms with van der Waals surface area (Å²) in [5.74, 6) is 0. The zero-order chi connectivity index (χ0) is 31.9. The number of hydrogen-bond donors (Lipinski definition) is 1. The molecular weight excluding hydrogens is 629 g/mol. The monoisotopic (exact) mass is 662 g/mol. The minimum Gasteiger partial charge on any atom is -0.405 e. The number of H-pyrrole nitrogens is 1. The molecule has 0 unspecified atom stereocenters. The van der Waals surface area contributed by atoms with Gasteiger partial charge in [-0.2, -0.15) is 16.8 Å². The molecule has 0 radical (unpaired) electrons. The summed E-state index contributed by atoms with van der Waals surface area (Å²) in [4.78, 5) is 23.1. The number of rotatable bonds is 10. The van der Waals surface area contributed by atoms with Gasteiger partial charge in [0.2, 0.25) is 0 Å². The first-order valence-corrected chi connectivity index (χ1v) is 19.2. The quantitative estimate of drug-likeness (QED) is 0.192. The van der Waals surface area contributed by atoms with Crippen molar-refractivity contribution in [3.8, 4) is 0 Å². The zero-order valence-electron chi connectivity index (χ0n) is 24.8. The Hall–Kier alpha value is -3.25. The molecule has 5 rings (SSSR count). The van der Waals surface area contributed by atoms with Crippen LogP contribution in [0.5, 0.6) is 0 Å². The third-order valence-corrected chi connectivity index (χ3v) is 13.5. The summed E-state index contributed by atoms with van der Waals surface area (Å²) in [5, 5.41) is 1.53. The van der Waals surface area contributed by atoms with Crippen molar-refractivity contribution in [1.29, 1.82) is 0 Å². The third-order valence-electron chi connectivity index (χ3n) is 7.38. The van der Waals surface area contributed by atoms with Gasteiger partial charge in [-0.25, -0.2) is 9.97 Å². The Morgan fingerprint density at radius 3 is 1.95 bits per heavy atom. The predicted octanol–water partition coefficient (Wildman–Crippen LogP) is 1.28. The lowest BCUT2D eigenvalue weighted by atomic mass is 10.1. The van der Waals surface area contributed by atoms with Gasteiger partial charge in [-0.15, -0.1) is 0 Å². The molecule has 1 saturated heterocycles. The number of imidazole rings is 1. The molecule has 1 aliphatic heterocycles. The van der Waals surface area contributed by atoms with Crippen LogP contribution < -0.4 is 15.9 Å². The van der Waals surface area contributed by atoms with E-state index in [1.165, 1.54) is 10.9 Å². The van der Waals surface area contributed by atoms with Crippen molar-refractivity contribution in [3.05, 3.63) is 83.7 Å². The minimum atomic E-state index is -4.17. The van der Waals surface area contributed by atoms with Gasteiger partial charge < -0.3 is 14.1 Å². The molecule has 13 nitrogen and oxygen atoms in total. The summed E-state index contributed by atoms with van der Waals surface area (Å²) in [6, 6.07) is 19.6. The SMILES string of the molecule is CC(C)(C)[Si](OC[C@H]1O[C@@H](n2cnc3c(=O)[nH]cnc32)[C@H](OS(C)(=O)=O)[C@@H]1OS(C)(=O)=O)(c1ccccc1)c1ccccc1. The largest absolute Gasteiger partial charge is 0.405 e. The Morgan fingerprint density at radius 2 is 1.43 bits per heavy atom. The lowest BCUT2D eigenvalue weighted by molar-refractivity contribution is -0.0439. The van der Waals surface area contributed by atoms with Crippen LogP contribution in [0, 0.1) is 0 Å². The van der Waals surface area contributed by atoms with Crippen LogP contribution in [0.15, 0.2) is 78.1 Å². The maximum atomic E-state index is 12.5. The van der Waals surface area contributed by atoms with Gasteiger partial charge in [0.1, 0.15) is 12.2 Å². The van der Waals surface area contributed by atoms with Crippen molar-refractivity contribution in [1.82, 2.24) is 19.5 Å². The Bertz CT molecular complexity index is 1850. The number of ether oxygens (including phenoxy) is 1. The summed E-state index contributed by atoms with van der Waals surface area (Å²) in [6.07, 6.45) is -1.30. The van der Waals surface area contributed by atoms with Crippen LogP contribution >= 0.6 is 0 Å². The first-order valence-electron chi connectivity index (χ1n) is 13.7. The number of aromatic amines is 1. The van der Waals surface area contributed by atoms with E-state index in [-0.39, 0.29) is 17.8 Å². The Labute approximate surface area is 256 Å². The standard InChI is InChI=1S/C28H34N4O9S2Si/c1-28(2,3)44(19-12-8-6-9-13-19,20-14-10-7-11-15-20)38-16-21-23(40-42(4,34)35)24(41-43(5,36)37)27(39-21)32-18-31-22-25(32)29-17-30-26(22)33/h6-15,17-18,21,23-24,27H,16H2,1-5H3,(H,29,30,33)/t21-,23-,24-,27-/m1/s1. The lowest BCUT2D eigenvalue weighted by Gasteiger charge is -2.43. The highest BCUT2D eigenvalue weighted by molar-refractivity contribution is 7.86. The number of benzene rings is 2. The molecule has 2 aromatic carbocycles. The third kappa shape index (κ3) is 6.42. The molecule has 1 aliphatic rings. The molecule has 16 heteroatoms. The van der Waals surface area contributed by atoms with Crippen LogP contribution in [-0.2, 0) is 37.8 Å². The number of nitrogens with one attached hydrogen (secondary N) is 1. The second-order valence-corrected chi connectivity index (χ2v) is 19.1. The molecule has 2 aromatic heterocycles. The first-order chi connectivity index (χ1) is 20.6. The second-order valence-electron chi connectivity index (χ2n) is 11.6. The summed E-state index contributed by atoms with van der Waals surface area (Å²) in [7, 11) is -11.5. The van der Waals surface area contributed by atoms with Gasteiger partial charge in [-0.1, -0.05) is 81.4 Å². The number of hydrogen-bond acceptors (Lipinski definition) is 11. The van der Waals surface area contributed by atoms with Crippen molar-refractivity contribution in [3.63, 3.8) is 0 Å². The topological polar surface area (TPSA) is 169 Å². The molecule has 0 amide bonds.